The van der Waals surface area contributed by atoms with Crippen LogP contribution < -0.4 is 19.3 Å². The van der Waals surface area contributed by atoms with Crippen molar-refractivity contribution in [2.24, 2.45) is 17.8 Å². The number of hydrogen-bond acceptors (Lipinski definition) is 8. The van der Waals surface area contributed by atoms with Gasteiger partial charge in [0.15, 0.2) is 23.0 Å². The minimum absolute atomic E-state index is 0.0481. The molecule has 7 unspecified atom stereocenters. The minimum atomic E-state index is -0.633. The fourth-order valence-electron chi connectivity index (χ4n) is 12.1. The molecule has 0 aromatic heterocycles. The Balaban J connectivity index is 0.865. The third-order valence-corrected chi connectivity index (χ3v) is 15.3. The summed E-state index contributed by atoms with van der Waals surface area (Å²) in [6.07, 6.45) is 13.7. The standard InChI is InChI=1S/C58H44N2O8/c1-4-34-14-20-38(21-15-34)59(32-61)55(62)42-29-52-49(26-33(42)3)65-47-24-18-36(27-50(47)67-52)58(45-12-8-6-10-40(45)41-11-7-9-13-46(41)58)37-19-25-48-51(28-37)68-54-31-44-43(30-53(54)66-48)56(63)60(57(44)64)39-22-16-35(5-2)17-23-39/h1-2,6-18,20-24,26-27,29,32,37,43-44,48,51,53-54H,19,25,28,30-31H2,3H3. The van der Waals surface area contributed by atoms with Crippen LogP contribution in [0.4, 0.5) is 11.4 Å². The number of benzene rings is 6. The van der Waals surface area contributed by atoms with Crippen molar-refractivity contribution in [1.82, 2.24) is 0 Å². The SMILES string of the molecule is C#Cc1ccc(N(C=O)C(=O)c2cc3c(cc2C)Oc2ccc(C4(C5CCC6OC7CC8C(=O)N(c9ccc(C#C)cc9)C(=O)C8CC7OC6C5)c5ccccc5-c5ccccc54)cc2O3)cc1. The Morgan fingerprint density at radius 1 is 0.662 bits per heavy atom. The molecular formula is C58H44N2O8. The van der Waals surface area contributed by atoms with Crippen LogP contribution in [0, 0.1) is 49.4 Å². The van der Waals surface area contributed by atoms with Crippen LogP contribution in [0.3, 0.4) is 0 Å². The lowest BCUT2D eigenvalue weighted by atomic mass is 9.59. The first-order chi connectivity index (χ1) is 33.2. The first-order valence-corrected chi connectivity index (χ1v) is 23.1. The summed E-state index contributed by atoms with van der Waals surface area (Å²) in [5.74, 6) is 5.17. The number of hydrogen-bond donors (Lipinski definition) is 0. The van der Waals surface area contributed by atoms with Gasteiger partial charge in [0.2, 0.25) is 18.2 Å². The Morgan fingerprint density at radius 3 is 1.85 bits per heavy atom. The average molecular weight is 897 g/mol. The molecule has 7 atom stereocenters. The monoisotopic (exact) mass is 896 g/mol. The highest BCUT2D eigenvalue weighted by Crippen LogP contribution is 2.61. The Hall–Kier alpha value is -7.76. The minimum Gasteiger partial charge on any atom is -0.450 e. The van der Waals surface area contributed by atoms with E-state index in [1.165, 1.54) is 27.2 Å². The van der Waals surface area contributed by atoms with Gasteiger partial charge in [-0.3, -0.25) is 24.1 Å². The number of carbonyl (C=O) groups excluding carboxylic acids is 4. The maximum absolute atomic E-state index is 14.0. The van der Waals surface area contributed by atoms with Crippen molar-refractivity contribution in [2.45, 2.75) is 68.9 Å². The summed E-state index contributed by atoms with van der Waals surface area (Å²) in [6, 6.07) is 40.4. The zero-order chi connectivity index (χ0) is 46.4. The molecule has 10 nitrogen and oxygen atoms in total. The normalized spacial score (nSPS) is 24.5. The van der Waals surface area contributed by atoms with E-state index in [4.69, 9.17) is 31.8 Å². The molecule has 0 bridgehead atoms. The predicted octanol–water partition coefficient (Wildman–Crippen LogP) is 9.89. The highest BCUT2D eigenvalue weighted by molar-refractivity contribution is 6.22. The van der Waals surface area contributed by atoms with Crippen molar-refractivity contribution in [3.05, 3.63) is 166 Å². The largest absolute Gasteiger partial charge is 0.450 e. The van der Waals surface area contributed by atoms with Crippen LogP contribution in [0.25, 0.3) is 11.1 Å². The number of carbonyl (C=O) groups is 4. The number of aryl methyl sites for hydroxylation is 1. The molecule has 0 radical (unpaired) electrons. The molecule has 334 valence electrons. The van der Waals surface area contributed by atoms with Gasteiger partial charge in [-0.2, -0.15) is 0 Å². The van der Waals surface area contributed by atoms with Gasteiger partial charge in [-0.05, 0) is 151 Å². The summed E-state index contributed by atoms with van der Waals surface area (Å²) >= 11 is 0. The van der Waals surface area contributed by atoms with Gasteiger partial charge in [-0.1, -0.05) is 66.4 Å². The Kier molecular flexibility index (Phi) is 9.77. The van der Waals surface area contributed by atoms with Crippen molar-refractivity contribution in [3.8, 4) is 58.8 Å². The van der Waals surface area contributed by atoms with Gasteiger partial charge in [0.25, 0.3) is 5.91 Å². The summed E-state index contributed by atoms with van der Waals surface area (Å²) < 4.78 is 27.2. The van der Waals surface area contributed by atoms with Crippen LogP contribution in [-0.2, 0) is 29.3 Å². The number of imide groups is 2. The molecule has 6 aromatic rings. The number of amides is 4. The molecule has 68 heavy (non-hydrogen) atoms. The van der Waals surface area contributed by atoms with Crippen LogP contribution in [-0.4, -0.2) is 48.5 Å². The first-order valence-electron chi connectivity index (χ1n) is 23.1. The fraction of sp³-hybridized carbons (Fsp3) is 0.241. The highest BCUT2D eigenvalue weighted by atomic mass is 16.6. The molecule has 0 spiro atoms. The van der Waals surface area contributed by atoms with Gasteiger partial charge >= 0.3 is 0 Å². The number of terminal acetylenes is 2. The molecule has 3 aliphatic heterocycles. The van der Waals surface area contributed by atoms with Gasteiger partial charge < -0.3 is 18.9 Å². The summed E-state index contributed by atoms with van der Waals surface area (Å²) in [5, 5.41) is 0. The van der Waals surface area contributed by atoms with E-state index < -0.39 is 23.2 Å². The highest BCUT2D eigenvalue weighted by Gasteiger charge is 2.58. The van der Waals surface area contributed by atoms with Crippen molar-refractivity contribution < 1.29 is 38.1 Å². The van der Waals surface area contributed by atoms with Gasteiger partial charge in [0.1, 0.15) is 0 Å². The lowest BCUT2D eigenvalue weighted by molar-refractivity contribution is -0.252. The van der Waals surface area contributed by atoms with E-state index in [1.807, 2.05) is 6.07 Å². The summed E-state index contributed by atoms with van der Waals surface area (Å²) in [7, 11) is 0. The molecular weight excluding hydrogens is 853 g/mol. The lowest BCUT2D eigenvalue weighted by Gasteiger charge is -2.52. The Bertz CT molecular complexity index is 3150. The molecule has 4 fully saturated rings. The number of ether oxygens (including phenoxy) is 4. The summed E-state index contributed by atoms with van der Waals surface area (Å²) in [6.45, 7) is 1.80. The molecule has 2 saturated carbocycles. The average Bonchev–Trinajstić information content (AvgIpc) is 3.81. The van der Waals surface area contributed by atoms with E-state index in [0.29, 0.717) is 76.7 Å². The molecule has 10 heteroatoms. The van der Waals surface area contributed by atoms with E-state index in [2.05, 4.69) is 72.5 Å². The van der Waals surface area contributed by atoms with Crippen LogP contribution >= 0.6 is 0 Å². The van der Waals surface area contributed by atoms with Crippen LogP contribution in [0.2, 0.25) is 0 Å². The maximum Gasteiger partial charge on any atom is 0.265 e. The molecule has 6 aliphatic rings. The summed E-state index contributed by atoms with van der Waals surface area (Å²) in [5.41, 5.74) is 8.23. The molecule has 2 saturated heterocycles. The van der Waals surface area contributed by atoms with E-state index >= 15 is 0 Å². The van der Waals surface area contributed by atoms with Crippen molar-refractivity contribution in [3.63, 3.8) is 0 Å². The Morgan fingerprint density at radius 2 is 1.22 bits per heavy atom. The number of anilines is 2. The Labute approximate surface area is 393 Å². The van der Waals surface area contributed by atoms with Crippen LogP contribution in [0.15, 0.2) is 127 Å². The van der Waals surface area contributed by atoms with Crippen LogP contribution in [0.5, 0.6) is 23.0 Å². The van der Waals surface area contributed by atoms with E-state index in [9.17, 15) is 19.2 Å². The second-order valence-corrected chi connectivity index (χ2v) is 18.7. The van der Waals surface area contributed by atoms with E-state index in [-0.39, 0.29) is 47.7 Å². The summed E-state index contributed by atoms with van der Waals surface area (Å²) in [4.78, 5) is 56.6. The predicted molar refractivity (Wildman–Crippen MR) is 255 cm³/mol. The molecule has 12 rings (SSSR count). The van der Waals surface area contributed by atoms with Gasteiger partial charge in [0.05, 0.1) is 47.6 Å². The zero-order valence-electron chi connectivity index (χ0n) is 37.1. The molecule has 3 aliphatic carbocycles. The molecule has 3 heterocycles. The van der Waals surface area contributed by atoms with Gasteiger partial charge in [-0.25, -0.2) is 4.90 Å². The first kappa shape index (κ1) is 41.7. The van der Waals surface area contributed by atoms with Crippen molar-refractivity contribution in [1.29, 1.82) is 0 Å². The van der Waals surface area contributed by atoms with Crippen molar-refractivity contribution >= 4 is 35.5 Å². The third kappa shape index (κ3) is 6.29. The second kappa shape index (κ2) is 16.0. The van der Waals surface area contributed by atoms with Crippen molar-refractivity contribution in [2.75, 3.05) is 9.80 Å². The number of rotatable bonds is 6. The fourth-order valence-corrected chi connectivity index (χ4v) is 12.1. The lowest BCUT2D eigenvalue weighted by Crippen LogP contribution is -2.56. The number of fused-ring (bicyclic) bond motifs is 8. The topological polar surface area (TPSA) is 112 Å². The van der Waals surface area contributed by atoms with Gasteiger partial charge in [-0.15, -0.1) is 12.8 Å². The van der Waals surface area contributed by atoms with E-state index in [1.54, 1.807) is 67.6 Å². The molecule has 6 aromatic carbocycles. The van der Waals surface area contributed by atoms with Gasteiger partial charge in [0, 0.05) is 22.1 Å². The third-order valence-electron chi connectivity index (χ3n) is 15.3. The van der Waals surface area contributed by atoms with E-state index in [0.717, 1.165) is 23.3 Å². The quantitative estimate of drug-likeness (QED) is 0.0922. The second-order valence-electron chi connectivity index (χ2n) is 18.7. The maximum atomic E-state index is 14.0. The smallest absolute Gasteiger partial charge is 0.265 e. The number of nitrogens with zero attached hydrogens (tertiary/aromatic N) is 2. The zero-order valence-corrected chi connectivity index (χ0v) is 37.1. The molecule has 4 amide bonds. The molecule has 0 N–H and O–H groups in total. The van der Waals surface area contributed by atoms with Crippen LogP contribution in [0.1, 0.15) is 75.8 Å².